The van der Waals surface area contributed by atoms with Gasteiger partial charge in [0.15, 0.2) is 6.61 Å². The van der Waals surface area contributed by atoms with Crippen molar-refractivity contribution in [1.82, 2.24) is 9.36 Å². The Labute approximate surface area is 197 Å². The van der Waals surface area contributed by atoms with Gasteiger partial charge in [0.1, 0.15) is 16.3 Å². The maximum absolute atomic E-state index is 12.9. The third-order valence-corrected chi connectivity index (χ3v) is 6.81. The highest BCUT2D eigenvalue weighted by Crippen LogP contribution is 2.37. The molecule has 33 heavy (non-hydrogen) atoms. The molecule has 0 saturated heterocycles. The van der Waals surface area contributed by atoms with Crippen molar-refractivity contribution in [3.63, 3.8) is 0 Å². The summed E-state index contributed by atoms with van der Waals surface area (Å²) in [5, 5.41) is 3.51. The lowest BCUT2D eigenvalue weighted by molar-refractivity contribution is -0.119. The number of carbonyl (C=O) groups is 2. The van der Waals surface area contributed by atoms with Gasteiger partial charge in [-0.25, -0.2) is 9.48 Å². The van der Waals surface area contributed by atoms with E-state index in [2.05, 4.69) is 5.32 Å². The first-order valence-corrected chi connectivity index (χ1v) is 11.1. The van der Waals surface area contributed by atoms with E-state index >= 15 is 0 Å². The lowest BCUT2D eigenvalue weighted by Crippen LogP contribution is -2.25. The number of thiophene rings is 1. The first-order valence-electron chi connectivity index (χ1n) is 9.89. The van der Waals surface area contributed by atoms with Gasteiger partial charge < -0.3 is 14.8 Å². The highest BCUT2D eigenvalue weighted by atomic mass is 35.5. The number of fused-ring (bicyclic) bond motifs is 1. The second-order valence-corrected chi connectivity index (χ2v) is 8.60. The molecule has 10 heteroatoms. The molecule has 0 saturated carbocycles. The molecule has 2 aromatic carbocycles. The van der Waals surface area contributed by atoms with Crippen molar-refractivity contribution < 1.29 is 19.1 Å². The predicted octanol–water partition coefficient (Wildman–Crippen LogP) is 4.16. The van der Waals surface area contributed by atoms with Crippen molar-refractivity contribution in [3.05, 3.63) is 74.5 Å². The molecule has 0 aliphatic rings. The van der Waals surface area contributed by atoms with Crippen LogP contribution >= 0.6 is 22.9 Å². The normalized spacial score (nSPS) is 10.9. The first kappa shape index (κ1) is 22.6. The zero-order chi connectivity index (χ0) is 23.7. The Morgan fingerprint density at radius 1 is 1.15 bits per heavy atom. The predicted molar refractivity (Wildman–Crippen MR) is 128 cm³/mol. The number of hydrogen-bond donors (Lipinski definition) is 1. The number of para-hydroxylation sites is 1. The summed E-state index contributed by atoms with van der Waals surface area (Å²) in [6.45, 7) is 1.15. The van der Waals surface area contributed by atoms with Gasteiger partial charge in [0.25, 0.3) is 11.5 Å². The fourth-order valence-corrected chi connectivity index (χ4v) is 4.82. The van der Waals surface area contributed by atoms with E-state index in [1.165, 1.54) is 4.68 Å². The molecule has 4 rings (SSSR count). The summed E-state index contributed by atoms with van der Waals surface area (Å²) in [5.41, 5.74) is 0.956. The minimum absolute atomic E-state index is 0.120. The summed E-state index contributed by atoms with van der Waals surface area (Å²) in [4.78, 5) is 38.1. The number of nitrogens with one attached hydrogen (secondary N) is 1. The molecule has 0 bridgehead atoms. The Morgan fingerprint density at radius 3 is 2.58 bits per heavy atom. The van der Waals surface area contributed by atoms with Crippen LogP contribution in [-0.2, 0) is 16.6 Å². The third kappa shape index (κ3) is 4.24. The molecule has 0 radical (unpaired) electrons. The number of aromatic nitrogens is 2. The van der Waals surface area contributed by atoms with Crippen LogP contribution in [0.5, 0.6) is 5.75 Å². The quantitative estimate of drug-likeness (QED) is 0.414. The molecule has 8 nitrogen and oxygen atoms in total. The summed E-state index contributed by atoms with van der Waals surface area (Å²) in [6, 6.07) is 14.3. The number of esters is 1. The van der Waals surface area contributed by atoms with Crippen LogP contribution < -0.4 is 15.6 Å². The van der Waals surface area contributed by atoms with E-state index in [-0.39, 0.29) is 21.1 Å². The minimum atomic E-state index is -0.721. The van der Waals surface area contributed by atoms with E-state index in [9.17, 15) is 14.4 Å². The number of halogens is 1. The molecule has 0 aliphatic carbocycles. The number of hydrogen-bond acceptors (Lipinski definition) is 6. The van der Waals surface area contributed by atoms with E-state index in [4.69, 9.17) is 21.1 Å². The van der Waals surface area contributed by atoms with Crippen molar-refractivity contribution in [2.75, 3.05) is 19.0 Å². The van der Waals surface area contributed by atoms with Crippen LogP contribution in [0.2, 0.25) is 5.02 Å². The van der Waals surface area contributed by atoms with Gasteiger partial charge in [-0.1, -0.05) is 29.8 Å². The molecule has 0 unspecified atom stereocenters. The van der Waals surface area contributed by atoms with Gasteiger partial charge in [-0.2, -0.15) is 0 Å². The monoisotopic (exact) mass is 485 g/mol. The average molecular weight is 486 g/mol. The number of nitrogens with zero attached hydrogens (tertiary/aromatic N) is 2. The van der Waals surface area contributed by atoms with Crippen LogP contribution in [0.1, 0.15) is 15.4 Å². The Balaban J connectivity index is 1.48. The topological polar surface area (TPSA) is 91.6 Å². The number of carbonyl (C=O) groups excluding carboxylic acids is 2. The Bertz CT molecular complexity index is 1420. The molecule has 170 valence electrons. The number of benzene rings is 2. The van der Waals surface area contributed by atoms with Crippen LogP contribution in [0.15, 0.2) is 53.3 Å². The molecule has 0 aliphatic heterocycles. The van der Waals surface area contributed by atoms with Crippen LogP contribution in [-0.4, -0.2) is 35.0 Å². The molecule has 1 N–H and O–H groups in total. The van der Waals surface area contributed by atoms with Crippen molar-refractivity contribution in [3.8, 4) is 11.4 Å². The fourth-order valence-electron chi connectivity index (χ4n) is 3.39. The van der Waals surface area contributed by atoms with E-state index < -0.39 is 18.5 Å². The van der Waals surface area contributed by atoms with E-state index in [0.29, 0.717) is 22.5 Å². The Morgan fingerprint density at radius 2 is 1.88 bits per heavy atom. The molecule has 0 spiro atoms. The van der Waals surface area contributed by atoms with Crippen LogP contribution in [0.4, 0.5) is 5.69 Å². The van der Waals surface area contributed by atoms with Gasteiger partial charge >= 0.3 is 5.97 Å². The second-order valence-electron chi connectivity index (χ2n) is 7.17. The highest BCUT2D eigenvalue weighted by Gasteiger charge is 2.22. The van der Waals surface area contributed by atoms with Crippen molar-refractivity contribution in [2.45, 2.75) is 6.92 Å². The van der Waals surface area contributed by atoms with Gasteiger partial charge in [-0.3, -0.25) is 14.3 Å². The summed E-state index contributed by atoms with van der Waals surface area (Å²) in [5.74, 6) is -0.714. The molecule has 1 amide bonds. The van der Waals surface area contributed by atoms with E-state index in [1.54, 1.807) is 56.1 Å². The minimum Gasteiger partial charge on any atom is -0.497 e. The van der Waals surface area contributed by atoms with Crippen molar-refractivity contribution in [1.29, 1.82) is 0 Å². The summed E-state index contributed by atoms with van der Waals surface area (Å²) in [7, 11) is 3.27. The van der Waals surface area contributed by atoms with Crippen molar-refractivity contribution in [2.24, 2.45) is 7.05 Å². The molecular formula is C23H20ClN3O5S. The van der Waals surface area contributed by atoms with Gasteiger partial charge in [-0.15, -0.1) is 11.3 Å². The first-order chi connectivity index (χ1) is 15.8. The van der Waals surface area contributed by atoms with Crippen molar-refractivity contribution >= 4 is 50.6 Å². The van der Waals surface area contributed by atoms with Crippen LogP contribution in [0.25, 0.3) is 15.8 Å². The lowest BCUT2D eigenvalue weighted by Gasteiger charge is -2.07. The maximum Gasteiger partial charge on any atom is 0.350 e. The zero-order valence-electron chi connectivity index (χ0n) is 18.0. The number of ether oxygens (including phenoxy) is 2. The van der Waals surface area contributed by atoms with E-state index in [1.807, 2.05) is 18.2 Å². The van der Waals surface area contributed by atoms with E-state index in [0.717, 1.165) is 16.0 Å². The number of methoxy groups -OCH3 is 1. The number of amides is 1. The average Bonchev–Trinajstić information content (AvgIpc) is 3.26. The van der Waals surface area contributed by atoms with Gasteiger partial charge in [0.05, 0.1) is 23.5 Å². The number of rotatable bonds is 6. The summed E-state index contributed by atoms with van der Waals surface area (Å²) >= 11 is 7.48. The third-order valence-electron chi connectivity index (χ3n) is 5.18. The maximum atomic E-state index is 12.9. The largest absolute Gasteiger partial charge is 0.497 e. The highest BCUT2D eigenvalue weighted by molar-refractivity contribution is 7.21. The standard InChI is InChI=1S/C23H20ClN3O5S/c1-13-20(22(29)27(26(13)2)14-7-5-4-6-8-14)25-18(28)12-32-23(30)21-19(24)16-10-9-15(31-3)11-17(16)33-21/h4-11H,12H2,1-3H3,(H,25,28). The fraction of sp³-hybridized carbons (Fsp3) is 0.174. The van der Waals surface area contributed by atoms with Gasteiger partial charge in [0, 0.05) is 17.1 Å². The van der Waals surface area contributed by atoms with Gasteiger partial charge in [0.2, 0.25) is 0 Å². The molecule has 0 atom stereocenters. The zero-order valence-corrected chi connectivity index (χ0v) is 19.6. The Hall–Kier alpha value is -3.56. The summed E-state index contributed by atoms with van der Waals surface area (Å²) < 4.78 is 14.2. The smallest absolute Gasteiger partial charge is 0.350 e. The molecule has 4 aromatic rings. The number of anilines is 1. The molecule has 2 aromatic heterocycles. The van der Waals surface area contributed by atoms with Crippen LogP contribution in [0, 0.1) is 6.92 Å². The van der Waals surface area contributed by atoms with Crippen LogP contribution in [0.3, 0.4) is 0 Å². The van der Waals surface area contributed by atoms with Gasteiger partial charge in [-0.05, 0) is 37.3 Å². The molecular weight excluding hydrogens is 466 g/mol. The summed E-state index contributed by atoms with van der Waals surface area (Å²) in [6.07, 6.45) is 0. The SMILES string of the molecule is COc1ccc2c(Cl)c(C(=O)OCC(=O)Nc3c(C)n(C)n(-c4ccccc4)c3=O)sc2c1. The molecule has 0 fully saturated rings. The Kier molecular flexibility index (Phi) is 6.26. The molecule has 2 heterocycles. The lowest BCUT2D eigenvalue weighted by atomic mass is 10.2. The second kappa shape index (κ2) is 9.13.